The lowest BCUT2D eigenvalue weighted by atomic mass is 9.85. The third-order valence-electron chi connectivity index (χ3n) is 8.54. The van der Waals surface area contributed by atoms with Crippen LogP contribution in [-0.4, -0.2) is 91.5 Å². The number of alkyl carbamates (subject to hydrolysis) is 1. The summed E-state index contributed by atoms with van der Waals surface area (Å²) in [5.41, 5.74) is -3.14. The van der Waals surface area contributed by atoms with Crippen molar-refractivity contribution in [2.75, 3.05) is 19.0 Å². The third-order valence-corrected chi connectivity index (χ3v) is 10.6. The van der Waals surface area contributed by atoms with Gasteiger partial charge in [0, 0.05) is 17.4 Å². The first-order valence-corrected chi connectivity index (χ1v) is 18.1. The van der Waals surface area contributed by atoms with E-state index in [2.05, 4.69) is 27.3 Å². The molecule has 15 nitrogen and oxygen atoms in total. The van der Waals surface area contributed by atoms with Crippen molar-refractivity contribution in [1.82, 2.24) is 20.3 Å². The van der Waals surface area contributed by atoms with Gasteiger partial charge < -0.3 is 29.7 Å². The predicted octanol–water partition coefficient (Wildman–Crippen LogP) is 3.48. The molecule has 2 saturated carbocycles. The van der Waals surface area contributed by atoms with Gasteiger partial charge in [0.25, 0.3) is 5.91 Å². The van der Waals surface area contributed by atoms with E-state index in [9.17, 15) is 32.4 Å². The largest absolute Gasteiger partial charge is 0.495 e. The molecule has 5 atom stereocenters. The first kappa shape index (κ1) is 38.7. The minimum Gasteiger partial charge on any atom is -0.495 e. The number of benzene rings is 1. The number of amides is 5. The summed E-state index contributed by atoms with van der Waals surface area (Å²) in [6.45, 7) is 13.6. The fourth-order valence-corrected chi connectivity index (χ4v) is 7.24. The number of hydrogen-bond donors (Lipinski definition) is 4. The highest BCUT2D eigenvalue weighted by Gasteiger charge is 2.62. The average molecular weight is 740 g/mol. The van der Waals surface area contributed by atoms with E-state index in [1.54, 1.807) is 53.7 Å². The van der Waals surface area contributed by atoms with Crippen molar-refractivity contribution in [3.05, 3.63) is 35.9 Å². The molecule has 5 amide bonds. The normalized spacial score (nSPS) is 23.9. The van der Waals surface area contributed by atoms with Gasteiger partial charge in [-0.2, -0.15) is 0 Å². The van der Waals surface area contributed by atoms with Crippen molar-refractivity contribution in [2.24, 2.45) is 11.3 Å². The van der Waals surface area contributed by atoms with Gasteiger partial charge >= 0.3 is 12.2 Å². The van der Waals surface area contributed by atoms with E-state index < -0.39 is 85.8 Å². The molecule has 4 N–H and O–H groups in total. The van der Waals surface area contributed by atoms with Gasteiger partial charge in [-0.1, -0.05) is 38.4 Å². The van der Waals surface area contributed by atoms with Gasteiger partial charge in [0.15, 0.2) is 0 Å². The van der Waals surface area contributed by atoms with Crippen LogP contribution in [0, 0.1) is 11.3 Å². The molecule has 276 valence electrons. The van der Waals surface area contributed by atoms with Crippen LogP contribution in [-0.2, 0) is 33.9 Å². The van der Waals surface area contributed by atoms with Crippen LogP contribution in [0.5, 0.6) is 5.75 Å². The number of anilines is 1. The number of hydrogen-bond acceptors (Lipinski definition) is 10. The third kappa shape index (κ3) is 9.19. The van der Waals surface area contributed by atoms with Crippen LogP contribution < -0.4 is 25.4 Å². The standard InChI is InChI=1S/C33H46ClN5O10S/c1-9-18-16-33(18,28(42)38-50(45,46)21-11-12-21)37-26(40)23-15-20(48-29(43)35-22-14-19(34)10-13-24(22)47-8)17-39(23)27(41)25(31(2,3)4)36-30(44)49-32(5,6)7/h9-10,13-14,18,20-21,23,25H,1,11-12,15-17H2,2-8H3,(H,35,43)(H,36,44)(H,37,40)(H,38,42). The zero-order valence-electron chi connectivity index (χ0n) is 29.3. The van der Waals surface area contributed by atoms with Crippen LogP contribution in [0.4, 0.5) is 15.3 Å². The number of rotatable bonds is 11. The molecule has 0 aromatic heterocycles. The molecule has 3 fully saturated rings. The smallest absolute Gasteiger partial charge is 0.412 e. The Morgan fingerprint density at radius 3 is 2.28 bits per heavy atom. The SMILES string of the molecule is C=CC1CC1(NC(=O)C1CC(OC(=O)Nc2cc(Cl)ccc2OC)CN1C(=O)C(NC(=O)OC(C)(C)C)C(C)(C)C)C(=O)NS(=O)(=O)C1CC1. The molecule has 2 aliphatic carbocycles. The second kappa shape index (κ2) is 14.3. The highest BCUT2D eigenvalue weighted by atomic mass is 35.5. The number of carbonyl (C=O) groups excluding carboxylic acids is 5. The van der Waals surface area contributed by atoms with Crippen molar-refractivity contribution >= 4 is 57.2 Å². The van der Waals surface area contributed by atoms with Crippen molar-refractivity contribution in [2.45, 2.75) is 102 Å². The summed E-state index contributed by atoms with van der Waals surface area (Å²) in [5.74, 6) is -2.62. The number of sulfonamides is 1. The fourth-order valence-electron chi connectivity index (χ4n) is 5.70. The summed E-state index contributed by atoms with van der Waals surface area (Å²) in [6, 6.07) is 2.09. The van der Waals surface area contributed by atoms with Crippen LogP contribution in [0.25, 0.3) is 0 Å². The molecule has 1 heterocycles. The molecule has 1 aromatic carbocycles. The number of likely N-dealkylation sites (tertiary alicyclic amines) is 1. The zero-order chi connectivity index (χ0) is 37.4. The topological polar surface area (TPSA) is 199 Å². The summed E-state index contributed by atoms with van der Waals surface area (Å²) in [7, 11) is -2.52. The predicted molar refractivity (Wildman–Crippen MR) is 184 cm³/mol. The highest BCUT2D eigenvalue weighted by Crippen LogP contribution is 2.45. The second-order valence-electron chi connectivity index (χ2n) is 14.9. The molecule has 0 radical (unpaired) electrons. The van der Waals surface area contributed by atoms with Crippen LogP contribution in [0.15, 0.2) is 30.9 Å². The van der Waals surface area contributed by atoms with Gasteiger partial charge in [0.2, 0.25) is 21.8 Å². The molecule has 0 bridgehead atoms. The summed E-state index contributed by atoms with van der Waals surface area (Å²) >= 11 is 6.08. The molecule has 0 spiro atoms. The Hall–Kier alpha value is -4.05. The molecule has 3 aliphatic rings. The number of halogens is 1. The van der Waals surface area contributed by atoms with Gasteiger partial charge in [-0.25, -0.2) is 18.0 Å². The first-order valence-electron chi connectivity index (χ1n) is 16.2. The number of methoxy groups -OCH3 is 1. The molecule has 4 rings (SSSR count). The van der Waals surface area contributed by atoms with Gasteiger partial charge in [0.05, 0.1) is 24.6 Å². The Bertz CT molecular complexity index is 1650. The summed E-state index contributed by atoms with van der Waals surface area (Å²) in [4.78, 5) is 68.7. The lowest BCUT2D eigenvalue weighted by Gasteiger charge is -2.36. The lowest BCUT2D eigenvalue weighted by molar-refractivity contribution is -0.143. The molecular formula is C33H46ClN5O10S. The Balaban J connectivity index is 1.60. The van der Waals surface area contributed by atoms with Crippen molar-refractivity contribution in [3.8, 4) is 5.75 Å². The van der Waals surface area contributed by atoms with Crippen LogP contribution in [0.1, 0.15) is 67.2 Å². The fraction of sp³-hybridized carbons (Fsp3) is 0.606. The number of carbonyl (C=O) groups is 5. The minimum absolute atomic E-state index is 0.0868. The summed E-state index contributed by atoms with van der Waals surface area (Å²) < 4.78 is 43.6. The van der Waals surface area contributed by atoms with E-state index in [1.165, 1.54) is 24.2 Å². The molecule has 17 heteroatoms. The number of nitrogens with zero attached hydrogens (tertiary/aromatic N) is 1. The molecule has 50 heavy (non-hydrogen) atoms. The van der Waals surface area contributed by atoms with Gasteiger partial charge in [-0.15, -0.1) is 6.58 Å². The Labute approximate surface area is 297 Å². The van der Waals surface area contributed by atoms with E-state index >= 15 is 0 Å². The average Bonchev–Trinajstić information content (AvgIpc) is 3.91. The Morgan fingerprint density at radius 2 is 1.74 bits per heavy atom. The van der Waals surface area contributed by atoms with E-state index in [-0.39, 0.29) is 25.1 Å². The van der Waals surface area contributed by atoms with Gasteiger partial charge in [-0.3, -0.25) is 24.4 Å². The van der Waals surface area contributed by atoms with E-state index in [0.29, 0.717) is 23.6 Å². The Morgan fingerprint density at radius 1 is 1.08 bits per heavy atom. The van der Waals surface area contributed by atoms with Gasteiger partial charge in [-0.05, 0) is 63.6 Å². The number of ether oxygens (including phenoxy) is 3. The molecule has 1 saturated heterocycles. The summed E-state index contributed by atoms with van der Waals surface area (Å²) in [6.07, 6.45) is -0.583. The van der Waals surface area contributed by atoms with Crippen LogP contribution >= 0.6 is 11.6 Å². The van der Waals surface area contributed by atoms with Crippen molar-refractivity contribution in [3.63, 3.8) is 0 Å². The maximum absolute atomic E-state index is 14.3. The minimum atomic E-state index is -3.93. The quantitative estimate of drug-likeness (QED) is 0.244. The highest BCUT2D eigenvalue weighted by molar-refractivity contribution is 7.91. The zero-order valence-corrected chi connectivity index (χ0v) is 30.8. The Kier molecular flexibility index (Phi) is 11.1. The van der Waals surface area contributed by atoms with E-state index in [4.69, 9.17) is 25.8 Å². The molecule has 5 unspecified atom stereocenters. The van der Waals surface area contributed by atoms with E-state index in [0.717, 1.165) is 0 Å². The lowest BCUT2D eigenvalue weighted by Crippen LogP contribution is -2.60. The van der Waals surface area contributed by atoms with Crippen molar-refractivity contribution < 1.29 is 46.6 Å². The van der Waals surface area contributed by atoms with Crippen molar-refractivity contribution in [1.29, 1.82) is 0 Å². The summed E-state index contributed by atoms with van der Waals surface area (Å²) in [5, 5.41) is 7.50. The van der Waals surface area contributed by atoms with Gasteiger partial charge in [0.1, 0.15) is 35.1 Å². The second-order valence-corrected chi connectivity index (χ2v) is 17.3. The molecule has 1 aliphatic heterocycles. The monoisotopic (exact) mass is 739 g/mol. The maximum Gasteiger partial charge on any atom is 0.412 e. The first-order chi connectivity index (χ1) is 23.1. The van der Waals surface area contributed by atoms with Crippen LogP contribution in [0.3, 0.4) is 0 Å². The maximum atomic E-state index is 14.3. The van der Waals surface area contributed by atoms with E-state index in [1.807, 2.05) is 0 Å². The molecular weight excluding hydrogens is 694 g/mol. The number of nitrogens with one attached hydrogen (secondary N) is 4. The van der Waals surface area contributed by atoms with Crippen LogP contribution in [0.2, 0.25) is 5.02 Å². The molecule has 1 aromatic rings.